The van der Waals surface area contributed by atoms with Crippen molar-refractivity contribution < 1.29 is 9.53 Å². The van der Waals surface area contributed by atoms with Gasteiger partial charge in [0.15, 0.2) is 5.82 Å². The van der Waals surface area contributed by atoms with Gasteiger partial charge in [0.1, 0.15) is 11.8 Å². The highest BCUT2D eigenvalue weighted by molar-refractivity contribution is 6.05. The second-order valence-corrected chi connectivity index (χ2v) is 10.9. The van der Waals surface area contributed by atoms with Crippen LogP contribution in [0.4, 0.5) is 5.82 Å². The molecule has 0 radical (unpaired) electrons. The summed E-state index contributed by atoms with van der Waals surface area (Å²) < 4.78 is 6.96. The van der Waals surface area contributed by atoms with Crippen molar-refractivity contribution in [2.45, 2.75) is 37.8 Å². The molecule has 3 fully saturated rings. The fraction of sp³-hybridized carbons (Fsp3) is 0.556. The van der Waals surface area contributed by atoms with Crippen molar-refractivity contribution in [3.63, 3.8) is 0 Å². The van der Waals surface area contributed by atoms with Gasteiger partial charge in [0.05, 0.1) is 18.4 Å². The van der Waals surface area contributed by atoms with E-state index in [1.807, 2.05) is 18.2 Å². The van der Waals surface area contributed by atoms with Crippen molar-refractivity contribution in [1.29, 1.82) is 0 Å². The lowest BCUT2D eigenvalue weighted by Gasteiger charge is -2.43. The van der Waals surface area contributed by atoms with Gasteiger partial charge in [-0.25, -0.2) is 14.5 Å². The molecule has 3 aromatic rings. The van der Waals surface area contributed by atoms with Crippen LogP contribution in [0, 0.1) is 11.8 Å². The third kappa shape index (κ3) is 5.05. The number of rotatable bonds is 9. The van der Waals surface area contributed by atoms with E-state index in [-0.39, 0.29) is 17.8 Å². The Kier molecular flexibility index (Phi) is 7.14. The van der Waals surface area contributed by atoms with E-state index in [4.69, 9.17) is 10.5 Å². The lowest BCUT2D eigenvalue weighted by molar-refractivity contribution is 0.0760. The quantitative estimate of drug-likeness (QED) is 0.328. The first kappa shape index (κ1) is 25.0. The zero-order chi connectivity index (χ0) is 26.1. The maximum Gasteiger partial charge on any atom is 0.253 e. The molecular weight excluding hydrogens is 482 g/mol. The molecule has 5 N–H and O–H groups in total. The second kappa shape index (κ2) is 10.8. The Morgan fingerprint density at radius 2 is 1.82 bits per heavy atom. The van der Waals surface area contributed by atoms with Gasteiger partial charge in [0.2, 0.25) is 5.88 Å². The summed E-state index contributed by atoms with van der Waals surface area (Å²) in [7, 11) is 1.57. The molecule has 0 spiro atoms. The molecule has 2 aliphatic heterocycles. The number of ether oxygens (including phenoxy) is 1. The molecule has 0 atom stereocenters. The monoisotopic (exact) mass is 519 g/mol. The van der Waals surface area contributed by atoms with Crippen LogP contribution in [0.2, 0.25) is 0 Å². The number of amides is 1. The molecule has 202 valence electrons. The number of hydrogen-bond donors (Lipinski definition) is 4. The van der Waals surface area contributed by atoms with Gasteiger partial charge in [-0.3, -0.25) is 9.69 Å². The number of pyridine rings is 1. The molecule has 38 heavy (non-hydrogen) atoms. The maximum atomic E-state index is 13.5. The maximum absolute atomic E-state index is 13.5. The summed E-state index contributed by atoms with van der Waals surface area (Å²) in [6, 6.07) is 6.24. The average molecular weight is 520 g/mol. The summed E-state index contributed by atoms with van der Waals surface area (Å²) in [5.41, 5.74) is 8.79. The topological polar surface area (TPSA) is 135 Å². The van der Waals surface area contributed by atoms with Crippen LogP contribution < -0.4 is 26.4 Å². The number of nitrogen functional groups attached to an aromatic ring is 1. The largest absolute Gasteiger partial charge is 0.481 e. The van der Waals surface area contributed by atoms with Gasteiger partial charge in [0.25, 0.3) is 5.91 Å². The minimum atomic E-state index is -0.141. The number of carbonyl (C=O) groups is 1. The Labute approximate surface area is 222 Å². The Bertz CT molecular complexity index is 1260. The molecule has 3 aliphatic rings. The Morgan fingerprint density at radius 3 is 2.45 bits per heavy atom. The molecule has 1 amide bonds. The molecule has 5 heterocycles. The zero-order valence-corrected chi connectivity index (χ0v) is 21.9. The first-order valence-electron chi connectivity index (χ1n) is 13.7. The smallest absolute Gasteiger partial charge is 0.253 e. The van der Waals surface area contributed by atoms with Crippen LogP contribution in [0.3, 0.4) is 0 Å². The van der Waals surface area contributed by atoms with Crippen LogP contribution in [-0.4, -0.2) is 88.9 Å². The number of hydrogen-bond acceptors (Lipinski definition) is 9. The van der Waals surface area contributed by atoms with E-state index in [9.17, 15) is 4.79 Å². The Morgan fingerprint density at radius 1 is 1.11 bits per heavy atom. The van der Waals surface area contributed by atoms with E-state index < -0.39 is 0 Å². The highest BCUT2D eigenvalue weighted by Gasteiger charge is 2.32. The SMILES string of the molecule is COc1cc(-c2cc(C(=O)NC3CCC(N(CC4CNC4)CC4CNC4)CC3)c3c(N)ncnn23)ccn1. The lowest BCUT2D eigenvalue weighted by Crippen LogP contribution is -2.56. The molecule has 1 aliphatic carbocycles. The molecule has 6 rings (SSSR count). The highest BCUT2D eigenvalue weighted by Crippen LogP contribution is 2.30. The number of fused-ring (bicyclic) bond motifs is 1. The van der Waals surface area contributed by atoms with Crippen molar-refractivity contribution in [2.75, 3.05) is 52.1 Å². The van der Waals surface area contributed by atoms with Gasteiger partial charge in [-0.1, -0.05) is 0 Å². The third-order valence-corrected chi connectivity index (χ3v) is 8.33. The van der Waals surface area contributed by atoms with Crippen molar-refractivity contribution in [2.24, 2.45) is 11.8 Å². The highest BCUT2D eigenvalue weighted by atomic mass is 16.5. The van der Waals surface area contributed by atoms with Crippen molar-refractivity contribution in [1.82, 2.24) is 40.4 Å². The van der Waals surface area contributed by atoms with Gasteiger partial charge in [-0.15, -0.1) is 0 Å². The van der Waals surface area contributed by atoms with Crippen LogP contribution in [0.5, 0.6) is 5.88 Å². The fourth-order valence-corrected chi connectivity index (χ4v) is 5.97. The summed E-state index contributed by atoms with van der Waals surface area (Å²) in [6.07, 6.45) is 7.24. The van der Waals surface area contributed by atoms with Crippen LogP contribution in [0.1, 0.15) is 36.0 Å². The van der Waals surface area contributed by atoms with Gasteiger partial charge >= 0.3 is 0 Å². The van der Waals surface area contributed by atoms with Crippen LogP contribution in [-0.2, 0) is 0 Å². The van der Waals surface area contributed by atoms with E-state index in [1.54, 1.807) is 17.8 Å². The zero-order valence-electron chi connectivity index (χ0n) is 21.9. The van der Waals surface area contributed by atoms with Crippen LogP contribution in [0.15, 0.2) is 30.7 Å². The molecule has 3 aromatic heterocycles. The Hall–Kier alpha value is -3.28. The number of carbonyl (C=O) groups excluding carboxylic acids is 1. The lowest BCUT2D eigenvalue weighted by atomic mass is 9.88. The molecule has 1 saturated carbocycles. The van der Waals surface area contributed by atoms with Crippen molar-refractivity contribution in [3.8, 4) is 17.1 Å². The molecule has 11 heteroatoms. The second-order valence-electron chi connectivity index (χ2n) is 10.9. The van der Waals surface area contributed by atoms with E-state index in [2.05, 4.69) is 35.9 Å². The number of nitrogens with two attached hydrogens (primary N) is 1. The standard InChI is InChI=1S/C27H37N9O2/c1-38-24-8-19(6-7-31-24)23-9-22(25-26(28)32-16-33-36(23)25)27(37)34-20-2-4-21(5-3-20)35(14-17-10-29-11-17)15-18-12-30-13-18/h6-9,16-18,20-21,29-30H,2-5,10-15H2,1H3,(H,34,37)(H2,28,32,33). The number of methoxy groups -OCH3 is 1. The predicted octanol–water partition coefficient (Wildman–Crippen LogP) is 1.16. The number of nitrogens with one attached hydrogen (secondary N) is 3. The third-order valence-electron chi connectivity index (χ3n) is 8.33. The van der Waals surface area contributed by atoms with Gasteiger partial charge in [-0.2, -0.15) is 5.10 Å². The van der Waals surface area contributed by atoms with E-state index in [0.29, 0.717) is 23.0 Å². The van der Waals surface area contributed by atoms with E-state index in [0.717, 1.165) is 75.0 Å². The van der Waals surface area contributed by atoms with Crippen molar-refractivity contribution >= 4 is 17.2 Å². The van der Waals surface area contributed by atoms with Crippen LogP contribution >= 0.6 is 0 Å². The van der Waals surface area contributed by atoms with Gasteiger partial charge < -0.3 is 26.4 Å². The first-order valence-corrected chi connectivity index (χ1v) is 13.7. The summed E-state index contributed by atoms with van der Waals surface area (Å²) >= 11 is 0. The first-order chi connectivity index (χ1) is 18.6. The van der Waals surface area contributed by atoms with Gasteiger partial charge in [0, 0.05) is 69.2 Å². The number of anilines is 1. The Balaban J connectivity index is 1.15. The minimum Gasteiger partial charge on any atom is -0.481 e. The molecule has 0 unspecified atom stereocenters. The summed E-state index contributed by atoms with van der Waals surface area (Å²) in [5, 5.41) is 14.5. The number of nitrogens with zero attached hydrogens (tertiary/aromatic N) is 5. The summed E-state index contributed by atoms with van der Waals surface area (Å²) in [5.74, 6) is 2.15. The molecule has 0 bridgehead atoms. The predicted molar refractivity (Wildman–Crippen MR) is 145 cm³/mol. The van der Waals surface area contributed by atoms with Crippen LogP contribution in [0.25, 0.3) is 16.8 Å². The molecule has 11 nitrogen and oxygen atoms in total. The average Bonchev–Trinajstić information content (AvgIpc) is 3.29. The summed E-state index contributed by atoms with van der Waals surface area (Å²) in [4.78, 5) is 24.6. The fourth-order valence-electron chi connectivity index (χ4n) is 5.97. The number of aromatic nitrogens is 4. The van der Waals surface area contributed by atoms with Gasteiger partial charge in [-0.05, 0) is 49.7 Å². The summed E-state index contributed by atoms with van der Waals surface area (Å²) in [6.45, 7) is 6.91. The van der Waals surface area contributed by atoms with E-state index >= 15 is 0 Å². The molecule has 0 aromatic carbocycles. The molecular formula is C27H37N9O2. The normalized spacial score (nSPS) is 22.3. The van der Waals surface area contributed by atoms with E-state index in [1.165, 1.54) is 19.4 Å². The molecule has 2 saturated heterocycles. The minimum absolute atomic E-state index is 0.140. The van der Waals surface area contributed by atoms with Crippen molar-refractivity contribution in [3.05, 3.63) is 36.3 Å².